The molecular formula is C25H26N4O2S. The SMILES string of the molecule is O=C(NCc1cccs1)c1cccnc1N1CCN(C(=O)C2C[C@H]2c2ccccc2)CC1. The number of rotatable bonds is 6. The summed E-state index contributed by atoms with van der Waals surface area (Å²) >= 11 is 1.62. The van der Waals surface area contributed by atoms with Crippen LogP contribution in [0.5, 0.6) is 0 Å². The Labute approximate surface area is 191 Å². The number of piperazine rings is 1. The molecule has 1 aliphatic heterocycles. The van der Waals surface area contributed by atoms with E-state index >= 15 is 0 Å². The quantitative estimate of drug-likeness (QED) is 0.629. The summed E-state index contributed by atoms with van der Waals surface area (Å²) in [6.45, 7) is 3.18. The van der Waals surface area contributed by atoms with E-state index < -0.39 is 0 Å². The smallest absolute Gasteiger partial charge is 0.255 e. The molecule has 3 aromatic rings. The van der Waals surface area contributed by atoms with Gasteiger partial charge in [-0.15, -0.1) is 11.3 Å². The van der Waals surface area contributed by atoms with Crippen LogP contribution in [0.2, 0.25) is 0 Å². The van der Waals surface area contributed by atoms with Gasteiger partial charge in [-0.25, -0.2) is 4.98 Å². The van der Waals surface area contributed by atoms with E-state index in [0.29, 0.717) is 50.0 Å². The molecule has 1 saturated carbocycles. The van der Waals surface area contributed by atoms with Crippen molar-refractivity contribution < 1.29 is 9.59 Å². The molecule has 3 heterocycles. The van der Waals surface area contributed by atoms with E-state index in [-0.39, 0.29) is 17.7 Å². The second kappa shape index (κ2) is 9.12. The largest absolute Gasteiger partial charge is 0.352 e. The third kappa shape index (κ3) is 4.39. The summed E-state index contributed by atoms with van der Waals surface area (Å²) in [7, 11) is 0. The predicted molar refractivity (Wildman–Crippen MR) is 126 cm³/mol. The molecule has 2 aromatic heterocycles. The van der Waals surface area contributed by atoms with Gasteiger partial charge in [0.2, 0.25) is 5.91 Å². The second-order valence-corrected chi connectivity index (χ2v) is 9.34. The van der Waals surface area contributed by atoms with Crippen molar-refractivity contribution in [2.24, 2.45) is 5.92 Å². The summed E-state index contributed by atoms with van der Waals surface area (Å²) in [4.78, 5) is 35.5. The maximum atomic E-state index is 13.0. The van der Waals surface area contributed by atoms with Crippen LogP contribution in [0.4, 0.5) is 5.82 Å². The minimum absolute atomic E-state index is 0.109. The summed E-state index contributed by atoms with van der Waals surface area (Å²) in [6, 6.07) is 17.9. The van der Waals surface area contributed by atoms with Crippen LogP contribution in [0.3, 0.4) is 0 Å². The van der Waals surface area contributed by atoms with E-state index in [1.54, 1.807) is 23.6 Å². The maximum absolute atomic E-state index is 13.0. The zero-order chi connectivity index (χ0) is 21.9. The standard InChI is InChI=1S/C25H26N4O2S/c30-24(27-17-19-8-5-15-32-19)20-9-4-10-26-23(20)28-11-13-29(14-12-28)25(31)22-16-21(22)18-6-2-1-3-7-18/h1-10,15,21-22H,11-14,16-17H2,(H,27,30)/t21-,22?/m0/s1. The Hall–Kier alpha value is -3.19. The summed E-state index contributed by atoms with van der Waals surface area (Å²) in [5, 5.41) is 4.99. The van der Waals surface area contributed by atoms with E-state index in [0.717, 1.165) is 11.3 Å². The van der Waals surface area contributed by atoms with Crippen LogP contribution in [-0.2, 0) is 11.3 Å². The molecule has 5 rings (SSSR count). The highest BCUT2D eigenvalue weighted by molar-refractivity contribution is 7.09. The molecule has 1 aliphatic carbocycles. The van der Waals surface area contributed by atoms with E-state index in [9.17, 15) is 9.59 Å². The first-order valence-corrected chi connectivity index (χ1v) is 11.9. The molecule has 1 saturated heterocycles. The fraction of sp³-hybridized carbons (Fsp3) is 0.320. The number of carbonyl (C=O) groups is 2. The van der Waals surface area contributed by atoms with Gasteiger partial charge in [-0.2, -0.15) is 0 Å². The number of nitrogens with zero attached hydrogens (tertiary/aromatic N) is 3. The lowest BCUT2D eigenvalue weighted by Gasteiger charge is -2.36. The van der Waals surface area contributed by atoms with E-state index in [2.05, 4.69) is 27.3 Å². The van der Waals surface area contributed by atoms with Gasteiger partial charge in [0, 0.05) is 43.2 Å². The van der Waals surface area contributed by atoms with Crippen LogP contribution < -0.4 is 10.2 Å². The van der Waals surface area contributed by atoms with Crippen LogP contribution in [0.25, 0.3) is 0 Å². The van der Waals surface area contributed by atoms with Gasteiger partial charge in [-0.1, -0.05) is 36.4 Å². The molecule has 32 heavy (non-hydrogen) atoms. The first-order chi connectivity index (χ1) is 15.7. The van der Waals surface area contributed by atoms with Crippen molar-refractivity contribution in [1.82, 2.24) is 15.2 Å². The van der Waals surface area contributed by atoms with E-state index in [4.69, 9.17) is 0 Å². The number of aromatic nitrogens is 1. The van der Waals surface area contributed by atoms with Gasteiger partial charge >= 0.3 is 0 Å². The lowest BCUT2D eigenvalue weighted by molar-refractivity contribution is -0.133. The fourth-order valence-corrected chi connectivity index (χ4v) is 5.06. The molecule has 2 amide bonds. The number of hydrogen-bond donors (Lipinski definition) is 1. The molecule has 0 radical (unpaired) electrons. The van der Waals surface area contributed by atoms with Crippen LogP contribution in [-0.4, -0.2) is 47.9 Å². The van der Waals surface area contributed by atoms with Crippen molar-refractivity contribution in [3.05, 3.63) is 82.2 Å². The number of amides is 2. The molecule has 2 fully saturated rings. The first-order valence-electron chi connectivity index (χ1n) is 11.0. The van der Waals surface area contributed by atoms with Crippen molar-refractivity contribution in [1.29, 1.82) is 0 Å². The van der Waals surface area contributed by atoms with Crippen LogP contribution >= 0.6 is 11.3 Å². The topological polar surface area (TPSA) is 65.5 Å². The number of hydrogen-bond acceptors (Lipinski definition) is 5. The van der Waals surface area contributed by atoms with Crippen molar-refractivity contribution in [2.45, 2.75) is 18.9 Å². The molecule has 0 spiro atoms. The molecule has 164 valence electrons. The minimum Gasteiger partial charge on any atom is -0.352 e. The average molecular weight is 447 g/mol. The van der Waals surface area contributed by atoms with Gasteiger partial charge in [0.05, 0.1) is 12.1 Å². The van der Waals surface area contributed by atoms with E-state index in [1.807, 2.05) is 46.7 Å². The second-order valence-electron chi connectivity index (χ2n) is 8.31. The van der Waals surface area contributed by atoms with Gasteiger partial charge in [-0.3, -0.25) is 9.59 Å². The van der Waals surface area contributed by atoms with Crippen molar-refractivity contribution >= 4 is 29.0 Å². The highest BCUT2D eigenvalue weighted by atomic mass is 32.1. The summed E-state index contributed by atoms with van der Waals surface area (Å²) in [6.07, 6.45) is 2.66. The normalized spacial score (nSPS) is 20.1. The van der Waals surface area contributed by atoms with Gasteiger partial charge in [0.15, 0.2) is 0 Å². The Balaban J connectivity index is 1.19. The average Bonchev–Trinajstić information content (AvgIpc) is 3.49. The monoisotopic (exact) mass is 446 g/mol. The molecule has 1 unspecified atom stereocenters. The Bertz CT molecular complexity index is 1080. The molecule has 7 heteroatoms. The lowest BCUT2D eigenvalue weighted by Crippen LogP contribution is -2.50. The van der Waals surface area contributed by atoms with Gasteiger partial charge in [0.1, 0.15) is 5.82 Å². The summed E-state index contributed by atoms with van der Waals surface area (Å²) in [5.41, 5.74) is 1.84. The van der Waals surface area contributed by atoms with E-state index in [1.165, 1.54) is 5.56 Å². The zero-order valence-electron chi connectivity index (χ0n) is 17.8. The molecule has 6 nitrogen and oxygen atoms in total. The summed E-state index contributed by atoms with van der Waals surface area (Å²) in [5.74, 6) is 1.29. The number of thiophene rings is 1. The lowest BCUT2D eigenvalue weighted by atomic mass is 10.1. The number of carbonyl (C=O) groups excluding carboxylic acids is 2. The Kier molecular flexibility index (Phi) is 5.90. The number of nitrogens with one attached hydrogen (secondary N) is 1. The molecule has 1 aromatic carbocycles. The molecule has 0 bridgehead atoms. The van der Waals surface area contributed by atoms with Crippen molar-refractivity contribution in [3.63, 3.8) is 0 Å². The molecule has 2 atom stereocenters. The van der Waals surface area contributed by atoms with Crippen LogP contribution in [0.15, 0.2) is 66.2 Å². The maximum Gasteiger partial charge on any atom is 0.255 e. The third-order valence-electron chi connectivity index (χ3n) is 6.26. The van der Waals surface area contributed by atoms with Crippen molar-refractivity contribution in [3.8, 4) is 0 Å². The number of benzene rings is 1. The fourth-order valence-electron chi connectivity index (χ4n) is 4.41. The number of pyridine rings is 1. The first kappa shape index (κ1) is 20.7. The Morgan fingerprint density at radius 2 is 1.81 bits per heavy atom. The predicted octanol–water partition coefficient (Wildman–Crippen LogP) is 3.53. The Morgan fingerprint density at radius 1 is 1.00 bits per heavy atom. The number of anilines is 1. The van der Waals surface area contributed by atoms with Crippen LogP contribution in [0.1, 0.15) is 33.1 Å². The molecular weight excluding hydrogens is 420 g/mol. The highest BCUT2D eigenvalue weighted by Crippen LogP contribution is 2.48. The summed E-state index contributed by atoms with van der Waals surface area (Å²) < 4.78 is 0. The Morgan fingerprint density at radius 3 is 2.56 bits per heavy atom. The van der Waals surface area contributed by atoms with Crippen molar-refractivity contribution in [2.75, 3.05) is 31.1 Å². The zero-order valence-corrected chi connectivity index (χ0v) is 18.6. The molecule has 2 aliphatic rings. The van der Waals surface area contributed by atoms with Crippen LogP contribution in [0, 0.1) is 5.92 Å². The van der Waals surface area contributed by atoms with Gasteiger partial charge in [0.25, 0.3) is 5.91 Å². The molecule has 1 N–H and O–H groups in total. The minimum atomic E-state index is -0.122. The third-order valence-corrected chi connectivity index (χ3v) is 7.14. The highest BCUT2D eigenvalue weighted by Gasteiger charge is 2.46. The van der Waals surface area contributed by atoms with Gasteiger partial charge < -0.3 is 15.1 Å². The van der Waals surface area contributed by atoms with Gasteiger partial charge in [-0.05, 0) is 41.5 Å².